The predicted molar refractivity (Wildman–Crippen MR) is 96.8 cm³/mol. The third-order valence-electron chi connectivity index (χ3n) is 3.76. The van der Waals surface area contributed by atoms with Gasteiger partial charge in [0.1, 0.15) is 12.2 Å². The molecule has 1 heterocycles. The highest BCUT2D eigenvalue weighted by Gasteiger charge is 2.16. The van der Waals surface area contributed by atoms with Crippen LogP contribution < -0.4 is 4.84 Å². The van der Waals surface area contributed by atoms with Crippen LogP contribution in [0.25, 0.3) is 10.9 Å². The second-order valence-electron chi connectivity index (χ2n) is 7.17. The lowest BCUT2D eigenvalue weighted by molar-refractivity contribution is -0.145. The van der Waals surface area contributed by atoms with Crippen LogP contribution in [0, 0.1) is 0 Å². The third-order valence-corrected chi connectivity index (χ3v) is 3.76. The van der Waals surface area contributed by atoms with Gasteiger partial charge >= 0.3 is 5.97 Å². The van der Waals surface area contributed by atoms with E-state index in [2.05, 4.69) is 6.92 Å². The smallest absolute Gasteiger partial charge is 0.306 e. The van der Waals surface area contributed by atoms with Crippen LogP contribution in [0.15, 0.2) is 30.5 Å². The van der Waals surface area contributed by atoms with Gasteiger partial charge in [0.05, 0.1) is 11.7 Å². The van der Waals surface area contributed by atoms with E-state index in [1.165, 1.54) is 12.8 Å². The highest BCUT2D eigenvalue weighted by molar-refractivity contribution is 5.83. The van der Waals surface area contributed by atoms with Crippen LogP contribution in [0.1, 0.15) is 65.4 Å². The largest absolute Gasteiger partial charge is 0.461 e. The first-order valence-electron chi connectivity index (χ1n) is 8.85. The standard InChI is InChI=1S/C20H29NO3/c1-5-6-7-8-13-19(22)23-15-16-14-21(24-20(2,3)4)18-12-10-9-11-17(16)18/h9-12,14H,5-8,13,15H2,1-4H3. The second-order valence-corrected chi connectivity index (χ2v) is 7.17. The van der Waals surface area contributed by atoms with Crippen molar-refractivity contribution in [3.63, 3.8) is 0 Å². The molecule has 0 spiro atoms. The molecule has 0 saturated heterocycles. The molecule has 0 radical (unpaired) electrons. The SMILES string of the molecule is CCCCCCC(=O)OCc1cn(OC(C)(C)C)c2ccccc12. The fourth-order valence-electron chi connectivity index (χ4n) is 2.63. The van der Waals surface area contributed by atoms with Gasteiger partial charge in [-0.05, 0) is 33.3 Å². The van der Waals surface area contributed by atoms with E-state index in [0.717, 1.165) is 29.3 Å². The molecule has 0 unspecified atom stereocenters. The first-order chi connectivity index (χ1) is 11.4. The Labute approximate surface area is 144 Å². The lowest BCUT2D eigenvalue weighted by Crippen LogP contribution is -2.30. The van der Waals surface area contributed by atoms with Crippen molar-refractivity contribution in [1.82, 2.24) is 4.73 Å². The number of para-hydroxylation sites is 1. The Kier molecular flexibility index (Phi) is 6.29. The number of rotatable bonds is 8. The van der Waals surface area contributed by atoms with Crippen LogP contribution in [-0.2, 0) is 16.1 Å². The maximum Gasteiger partial charge on any atom is 0.306 e. The molecule has 0 aliphatic carbocycles. The van der Waals surface area contributed by atoms with Crippen molar-refractivity contribution in [3.05, 3.63) is 36.0 Å². The van der Waals surface area contributed by atoms with Crippen LogP contribution in [0.2, 0.25) is 0 Å². The molecule has 0 bridgehead atoms. The summed E-state index contributed by atoms with van der Waals surface area (Å²) in [5.41, 5.74) is 1.66. The Balaban J connectivity index is 2.02. The predicted octanol–water partition coefficient (Wildman–Crippen LogP) is 4.88. The van der Waals surface area contributed by atoms with E-state index >= 15 is 0 Å². The highest BCUT2D eigenvalue weighted by atomic mass is 16.7. The maximum atomic E-state index is 11.9. The lowest BCUT2D eigenvalue weighted by Gasteiger charge is -2.21. The number of ether oxygens (including phenoxy) is 1. The molecule has 2 rings (SSSR count). The molecule has 0 aliphatic rings. The van der Waals surface area contributed by atoms with E-state index < -0.39 is 0 Å². The van der Waals surface area contributed by atoms with E-state index in [0.29, 0.717) is 6.42 Å². The van der Waals surface area contributed by atoms with Gasteiger partial charge in [0.2, 0.25) is 0 Å². The molecule has 132 valence electrons. The molecule has 0 atom stereocenters. The number of benzene rings is 1. The Hall–Kier alpha value is -1.97. The molecule has 24 heavy (non-hydrogen) atoms. The summed E-state index contributed by atoms with van der Waals surface area (Å²) in [5, 5.41) is 1.06. The summed E-state index contributed by atoms with van der Waals surface area (Å²) in [6, 6.07) is 8.01. The van der Waals surface area contributed by atoms with E-state index in [4.69, 9.17) is 9.57 Å². The van der Waals surface area contributed by atoms with Gasteiger partial charge in [0.15, 0.2) is 0 Å². The highest BCUT2D eigenvalue weighted by Crippen LogP contribution is 2.23. The molecule has 2 aromatic rings. The van der Waals surface area contributed by atoms with Gasteiger partial charge in [0, 0.05) is 17.4 Å². The van der Waals surface area contributed by atoms with E-state index in [9.17, 15) is 4.79 Å². The minimum Gasteiger partial charge on any atom is -0.461 e. The quantitative estimate of drug-likeness (QED) is 0.511. The first kappa shape index (κ1) is 18.4. The number of carbonyl (C=O) groups is 1. The number of fused-ring (bicyclic) bond motifs is 1. The fourth-order valence-corrected chi connectivity index (χ4v) is 2.63. The molecule has 0 amide bonds. The van der Waals surface area contributed by atoms with Crippen molar-refractivity contribution in [3.8, 4) is 0 Å². The monoisotopic (exact) mass is 331 g/mol. The van der Waals surface area contributed by atoms with Crippen LogP contribution in [0.3, 0.4) is 0 Å². The average molecular weight is 331 g/mol. The fraction of sp³-hybridized carbons (Fsp3) is 0.550. The number of unbranched alkanes of at least 4 members (excludes halogenated alkanes) is 3. The van der Waals surface area contributed by atoms with Crippen molar-refractivity contribution in [2.75, 3.05) is 0 Å². The summed E-state index contributed by atoms with van der Waals surface area (Å²) in [4.78, 5) is 17.9. The van der Waals surface area contributed by atoms with E-state index in [1.54, 1.807) is 4.73 Å². The first-order valence-corrected chi connectivity index (χ1v) is 8.85. The van der Waals surface area contributed by atoms with Crippen LogP contribution in [-0.4, -0.2) is 16.3 Å². The van der Waals surface area contributed by atoms with E-state index in [1.807, 2.05) is 51.2 Å². The molecular weight excluding hydrogens is 302 g/mol. The lowest BCUT2D eigenvalue weighted by atomic mass is 10.1. The molecule has 0 saturated carbocycles. The molecule has 0 fully saturated rings. The van der Waals surface area contributed by atoms with Crippen molar-refractivity contribution < 1.29 is 14.4 Å². The number of hydrogen-bond acceptors (Lipinski definition) is 3. The van der Waals surface area contributed by atoms with Crippen LogP contribution >= 0.6 is 0 Å². The summed E-state index contributed by atoms with van der Waals surface area (Å²) in [5.74, 6) is -0.125. The molecular formula is C20H29NO3. The second kappa shape index (κ2) is 8.22. The van der Waals surface area contributed by atoms with Gasteiger partial charge < -0.3 is 9.57 Å². The van der Waals surface area contributed by atoms with Crippen molar-refractivity contribution in [2.24, 2.45) is 0 Å². The third kappa shape index (κ3) is 5.29. The zero-order valence-electron chi connectivity index (χ0n) is 15.3. The van der Waals surface area contributed by atoms with Gasteiger partial charge in [-0.3, -0.25) is 4.79 Å². The number of aromatic nitrogens is 1. The number of carbonyl (C=O) groups excluding carboxylic acids is 1. The van der Waals surface area contributed by atoms with Crippen LogP contribution in [0.4, 0.5) is 0 Å². The minimum atomic E-state index is -0.297. The molecule has 4 heteroatoms. The minimum absolute atomic E-state index is 0.125. The summed E-state index contributed by atoms with van der Waals surface area (Å²) in [6.45, 7) is 8.48. The topological polar surface area (TPSA) is 40.5 Å². The molecule has 1 aromatic heterocycles. The Morgan fingerprint density at radius 3 is 2.58 bits per heavy atom. The molecule has 0 aliphatic heterocycles. The zero-order chi connectivity index (χ0) is 17.6. The molecule has 4 nitrogen and oxygen atoms in total. The molecule has 0 N–H and O–H groups in total. The number of nitrogens with zero attached hydrogens (tertiary/aromatic N) is 1. The maximum absolute atomic E-state index is 11.9. The van der Waals surface area contributed by atoms with Gasteiger partial charge in [0.25, 0.3) is 0 Å². The Bertz CT molecular complexity index is 667. The van der Waals surface area contributed by atoms with Gasteiger partial charge in [-0.1, -0.05) is 44.4 Å². The van der Waals surface area contributed by atoms with Crippen molar-refractivity contribution in [2.45, 2.75) is 72.0 Å². The van der Waals surface area contributed by atoms with Gasteiger partial charge in [-0.15, -0.1) is 0 Å². The normalized spacial score (nSPS) is 11.7. The van der Waals surface area contributed by atoms with Crippen molar-refractivity contribution >= 4 is 16.9 Å². The summed E-state index contributed by atoms with van der Waals surface area (Å²) in [6.07, 6.45) is 6.75. The van der Waals surface area contributed by atoms with Crippen molar-refractivity contribution in [1.29, 1.82) is 0 Å². The Morgan fingerprint density at radius 2 is 1.88 bits per heavy atom. The Morgan fingerprint density at radius 1 is 1.12 bits per heavy atom. The summed E-state index contributed by atoms with van der Waals surface area (Å²) in [7, 11) is 0. The van der Waals surface area contributed by atoms with Crippen LogP contribution in [0.5, 0.6) is 0 Å². The number of esters is 1. The summed E-state index contributed by atoms with van der Waals surface area (Å²) >= 11 is 0. The van der Waals surface area contributed by atoms with E-state index in [-0.39, 0.29) is 18.2 Å². The molecule has 1 aromatic carbocycles. The average Bonchev–Trinajstić information content (AvgIpc) is 2.86. The zero-order valence-corrected chi connectivity index (χ0v) is 15.3. The van der Waals surface area contributed by atoms with Gasteiger partial charge in [-0.2, -0.15) is 4.73 Å². The number of hydrogen-bond donors (Lipinski definition) is 0. The van der Waals surface area contributed by atoms with Gasteiger partial charge in [-0.25, -0.2) is 0 Å². The summed E-state index contributed by atoms with van der Waals surface area (Å²) < 4.78 is 7.23.